The van der Waals surface area contributed by atoms with E-state index in [1.54, 1.807) is 0 Å². The van der Waals surface area contributed by atoms with Crippen molar-refractivity contribution in [3.63, 3.8) is 0 Å². The Hall–Kier alpha value is -0.350. The van der Waals surface area contributed by atoms with Crippen LogP contribution in [-0.4, -0.2) is 38.3 Å². The topological polar surface area (TPSA) is 28.5 Å². The molecular weight excluding hydrogens is 218 g/mol. The molecule has 16 heavy (non-hydrogen) atoms. The molecule has 1 aliphatic carbocycles. The summed E-state index contributed by atoms with van der Waals surface area (Å²) in [6.07, 6.45) is 7.83. The maximum Gasteiger partial charge on any atom is 0.166 e. The summed E-state index contributed by atoms with van der Waals surface area (Å²) in [4.78, 5) is 1.49. The number of hydrogen-bond donors (Lipinski definition) is 3. The quantitative estimate of drug-likeness (QED) is 0.480. The van der Waals surface area contributed by atoms with E-state index in [9.17, 15) is 0 Å². The second kappa shape index (κ2) is 7.85. The molecule has 0 spiro atoms. The van der Waals surface area contributed by atoms with Gasteiger partial charge >= 0.3 is 0 Å². The Bertz CT molecular complexity index is 200. The molecule has 1 rings (SSSR count). The highest BCUT2D eigenvalue weighted by molar-refractivity contribution is 7.80. The predicted molar refractivity (Wildman–Crippen MR) is 72.9 cm³/mol. The molecule has 0 radical (unpaired) electrons. The van der Waals surface area contributed by atoms with Gasteiger partial charge in [-0.2, -0.15) is 0 Å². The van der Waals surface area contributed by atoms with E-state index in [2.05, 4.69) is 24.7 Å². The highest BCUT2D eigenvalue weighted by atomic mass is 32.1. The van der Waals surface area contributed by atoms with Crippen LogP contribution in [0.4, 0.5) is 0 Å². The largest absolute Gasteiger partial charge is 0.363 e. The Morgan fingerprint density at radius 1 is 1.25 bits per heavy atom. The lowest BCUT2D eigenvalue weighted by atomic mass is 9.96. The maximum absolute atomic E-state index is 5.28. The standard InChI is InChI=1S/C12H25N3S/c1-15(2)10-6-9-13-12(16)14-11-7-4-3-5-8-11/h11H,3-10H2,1-2H3,(H2,13,14,16)/p+1. The molecule has 0 amide bonds. The Balaban J connectivity index is 2.01. The van der Waals surface area contributed by atoms with E-state index < -0.39 is 0 Å². The van der Waals surface area contributed by atoms with Crippen LogP contribution in [0.15, 0.2) is 0 Å². The summed E-state index contributed by atoms with van der Waals surface area (Å²) in [5.41, 5.74) is 0. The highest BCUT2D eigenvalue weighted by Gasteiger charge is 2.13. The average molecular weight is 244 g/mol. The van der Waals surface area contributed by atoms with Gasteiger partial charge in [0.15, 0.2) is 5.11 Å². The normalized spacial score (nSPS) is 17.4. The van der Waals surface area contributed by atoms with Crippen molar-refractivity contribution in [1.82, 2.24) is 10.6 Å². The fourth-order valence-corrected chi connectivity index (χ4v) is 2.40. The molecule has 94 valence electrons. The van der Waals surface area contributed by atoms with Gasteiger partial charge in [0.1, 0.15) is 0 Å². The molecule has 1 fully saturated rings. The lowest BCUT2D eigenvalue weighted by molar-refractivity contribution is -0.858. The minimum Gasteiger partial charge on any atom is -0.363 e. The van der Waals surface area contributed by atoms with E-state index in [4.69, 9.17) is 12.2 Å². The van der Waals surface area contributed by atoms with Crippen molar-refractivity contribution in [2.75, 3.05) is 27.2 Å². The molecule has 0 atom stereocenters. The summed E-state index contributed by atoms with van der Waals surface area (Å²) in [6.45, 7) is 2.18. The van der Waals surface area contributed by atoms with Crippen molar-refractivity contribution in [1.29, 1.82) is 0 Å². The predicted octanol–water partition coefficient (Wildman–Crippen LogP) is 0.318. The van der Waals surface area contributed by atoms with Gasteiger partial charge in [-0.1, -0.05) is 19.3 Å². The van der Waals surface area contributed by atoms with Gasteiger partial charge in [-0.25, -0.2) is 0 Å². The number of thiocarbonyl (C=S) groups is 1. The van der Waals surface area contributed by atoms with Gasteiger partial charge in [0.2, 0.25) is 0 Å². The van der Waals surface area contributed by atoms with Gasteiger partial charge in [-0.05, 0) is 25.1 Å². The molecule has 0 aromatic carbocycles. The molecule has 0 saturated heterocycles. The van der Waals surface area contributed by atoms with E-state index in [-0.39, 0.29) is 0 Å². The molecular formula is C12H26N3S+. The monoisotopic (exact) mass is 244 g/mol. The molecule has 0 unspecified atom stereocenters. The Morgan fingerprint density at radius 3 is 2.56 bits per heavy atom. The fraction of sp³-hybridized carbons (Fsp3) is 0.917. The van der Waals surface area contributed by atoms with Crippen LogP contribution in [0.1, 0.15) is 38.5 Å². The molecule has 1 saturated carbocycles. The summed E-state index contributed by atoms with van der Waals surface area (Å²) in [5.74, 6) is 0. The van der Waals surface area contributed by atoms with E-state index in [1.807, 2.05) is 0 Å². The van der Waals surface area contributed by atoms with Crippen LogP contribution in [-0.2, 0) is 0 Å². The summed E-state index contributed by atoms with van der Waals surface area (Å²) in [5, 5.41) is 7.56. The minimum absolute atomic E-state index is 0.619. The van der Waals surface area contributed by atoms with Crippen LogP contribution in [0.2, 0.25) is 0 Å². The minimum atomic E-state index is 0.619. The fourth-order valence-electron chi connectivity index (χ4n) is 2.13. The van der Waals surface area contributed by atoms with Gasteiger partial charge in [-0.3, -0.25) is 0 Å². The third kappa shape index (κ3) is 6.28. The summed E-state index contributed by atoms with van der Waals surface area (Å²) in [7, 11) is 4.36. The smallest absolute Gasteiger partial charge is 0.166 e. The molecule has 0 heterocycles. The van der Waals surface area contributed by atoms with Crippen molar-refractivity contribution in [3.8, 4) is 0 Å². The first-order valence-electron chi connectivity index (χ1n) is 6.52. The first-order valence-corrected chi connectivity index (χ1v) is 6.92. The molecule has 3 nitrogen and oxygen atoms in total. The second-order valence-corrected chi connectivity index (χ2v) is 5.45. The zero-order valence-electron chi connectivity index (χ0n) is 10.6. The van der Waals surface area contributed by atoms with E-state index in [0.29, 0.717) is 6.04 Å². The molecule has 3 N–H and O–H groups in total. The van der Waals surface area contributed by atoms with Crippen LogP contribution in [0.25, 0.3) is 0 Å². The van der Waals surface area contributed by atoms with E-state index in [1.165, 1.54) is 50.0 Å². The summed E-state index contributed by atoms with van der Waals surface area (Å²) in [6, 6.07) is 0.619. The first kappa shape index (κ1) is 13.7. The molecule has 0 aromatic heterocycles. The lowest BCUT2D eigenvalue weighted by Gasteiger charge is -2.24. The highest BCUT2D eigenvalue weighted by Crippen LogP contribution is 2.17. The molecule has 1 aliphatic rings. The van der Waals surface area contributed by atoms with Crippen molar-refractivity contribution in [2.24, 2.45) is 0 Å². The first-order chi connectivity index (χ1) is 7.68. The van der Waals surface area contributed by atoms with Crippen LogP contribution in [0.3, 0.4) is 0 Å². The third-order valence-electron chi connectivity index (χ3n) is 3.08. The van der Waals surface area contributed by atoms with Gasteiger partial charge < -0.3 is 15.5 Å². The third-order valence-corrected chi connectivity index (χ3v) is 3.34. The average Bonchev–Trinajstić information content (AvgIpc) is 2.25. The lowest BCUT2D eigenvalue weighted by Crippen LogP contribution is -3.05. The molecule has 0 bridgehead atoms. The zero-order chi connectivity index (χ0) is 11.8. The van der Waals surface area contributed by atoms with Gasteiger partial charge in [0.05, 0.1) is 20.6 Å². The van der Waals surface area contributed by atoms with Crippen molar-refractivity contribution >= 4 is 17.3 Å². The Kier molecular flexibility index (Phi) is 6.73. The number of quaternary nitrogens is 1. The number of rotatable bonds is 5. The summed E-state index contributed by atoms with van der Waals surface area (Å²) < 4.78 is 0. The Labute approximate surface area is 105 Å². The van der Waals surface area contributed by atoms with E-state index >= 15 is 0 Å². The molecule has 0 aliphatic heterocycles. The van der Waals surface area contributed by atoms with Crippen molar-refractivity contribution in [3.05, 3.63) is 0 Å². The van der Waals surface area contributed by atoms with Gasteiger partial charge in [-0.15, -0.1) is 0 Å². The second-order valence-electron chi connectivity index (χ2n) is 5.05. The van der Waals surface area contributed by atoms with Gasteiger partial charge in [0.25, 0.3) is 0 Å². The molecule has 4 heteroatoms. The summed E-state index contributed by atoms with van der Waals surface area (Å²) >= 11 is 5.28. The Morgan fingerprint density at radius 2 is 1.94 bits per heavy atom. The van der Waals surface area contributed by atoms with Crippen molar-refractivity contribution < 1.29 is 4.90 Å². The number of hydrogen-bond acceptors (Lipinski definition) is 1. The number of nitrogens with one attached hydrogen (secondary N) is 3. The van der Waals surface area contributed by atoms with Crippen LogP contribution in [0, 0.1) is 0 Å². The van der Waals surface area contributed by atoms with Gasteiger partial charge in [0, 0.05) is 19.0 Å². The van der Waals surface area contributed by atoms with Crippen LogP contribution >= 0.6 is 12.2 Å². The van der Waals surface area contributed by atoms with E-state index in [0.717, 1.165) is 11.7 Å². The maximum atomic E-state index is 5.28. The van der Waals surface area contributed by atoms with Crippen LogP contribution in [0.5, 0.6) is 0 Å². The SMILES string of the molecule is C[NH+](C)CCCNC(=S)NC1CCCCC1. The molecule has 0 aromatic rings. The zero-order valence-corrected chi connectivity index (χ0v) is 11.5. The van der Waals surface area contributed by atoms with Crippen LogP contribution < -0.4 is 15.5 Å². The van der Waals surface area contributed by atoms with Crippen molar-refractivity contribution in [2.45, 2.75) is 44.6 Å².